The van der Waals surface area contributed by atoms with E-state index in [-0.39, 0.29) is 0 Å². The quantitative estimate of drug-likeness (QED) is 0.102. The first-order chi connectivity index (χ1) is 16.7. The van der Waals surface area contributed by atoms with E-state index in [2.05, 4.69) is 117 Å². The van der Waals surface area contributed by atoms with Crippen LogP contribution in [-0.4, -0.2) is 12.5 Å². The maximum atomic E-state index is 2.66. The van der Waals surface area contributed by atoms with Gasteiger partial charge < -0.3 is 4.40 Å². The molecule has 0 fully saturated rings. The summed E-state index contributed by atoms with van der Waals surface area (Å²) in [6, 6.07) is 20.9. The molecule has 7 rings (SSSR count). The van der Waals surface area contributed by atoms with Crippen molar-refractivity contribution < 1.29 is 4.57 Å². The smallest absolute Gasteiger partial charge is 0.224 e. The third-order valence-corrected chi connectivity index (χ3v) is 10.3. The van der Waals surface area contributed by atoms with Gasteiger partial charge in [-0.25, -0.2) is 4.57 Å². The molecule has 2 nitrogen and oxygen atoms in total. The fraction of sp³-hybridized carbons (Fsp3) is 0.219. The zero-order chi connectivity index (χ0) is 24.4. The Hall–Kier alpha value is -3.43. The van der Waals surface area contributed by atoms with Crippen LogP contribution in [0, 0.1) is 20.8 Å². The zero-order valence-electron chi connectivity index (χ0n) is 21.7. The van der Waals surface area contributed by atoms with E-state index >= 15 is 0 Å². The molecule has 0 aliphatic heterocycles. The molecule has 3 aromatic heterocycles. The van der Waals surface area contributed by atoms with Gasteiger partial charge in [0.1, 0.15) is 7.05 Å². The van der Waals surface area contributed by atoms with Crippen LogP contribution in [0.4, 0.5) is 0 Å². The van der Waals surface area contributed by atoms with Crippen LogP contribution in [0.5, 0.6) is 0 Å². The molecule has 4 aromatic carbocycles. The molecule has 0 amide bonds. The highest BCUT2D eigenvalue weighted by Crippen LogP contribution is 2.43. The molecule has 0 saturated carbocycles. The van der Waals surface area contributed by atoms with E-state index in [1.165, 1.54) is 81.6 Å². The summed E-state index contributed by atoms with van der Waals surface area (Å²) in [6.45, 7) is 14.3. The maximum absolute atomic E-state index is 2.66. The summed E-state index contributed by atoms with van der Waals surface area (Å²) in [5.41, 5.74) is 9.56. The largest absolute Gasteiger partial charge is 0.307 e. The van der Waals surface area contributed by atoms with Crippen LogP contribution in [0.3, 0.4) is 0 Å². The third-order valence-electron chi connectivity index (χ3n) is 8.27. The first kappa shape index (κ1) is 20.9. The van der Waals surface area contributed by atoms with Gasteiger partial charge in [-0.15, -0.1) is 0 Å². The Kier molecular flexibility index (Phi) is 3.95. The minimum atomic E-state index is -1.61. The molecule has 0 spiro atoms. The number of aromatic nitrogens is 2. The van der Waals surface area contributed by atoms with Gasteiger partial charge in [0.2, 0.25) is 5.52 Å². The van der Waals surface area contributed by atoms with Crippen LogP contribution in [0.15, 0.2) is 60.8 Å². The Morgan fingerprint density at radius 2 is 1.43 bits per heavy atom. The second kappa shape index (κ2) is 6.61. The molecule has 0 radical (unpaired) electrons. The van der Waals surface area contributed by atoms with E-state index in [4.69, 9.17) is 0 Å². The summed E-state index contributed by atoms with van der Waals surface area (Å²) >= 11 is 0. The monoisotopic (exact) mass is 471 g/mol. The summed E-state index contributed by atoms with van der Waals surface area (Å²) in [6.07, 6.45) is 2.23. The molecule has 35 heavy (non-hydrogen) atoms. The van der Waals surface area contributed by atoms with E-state index in [1.54, 1.807) is 0 Å². The third kappa shape index (κ3) is 2.52. The van der Waals surface area contributed by atoms with Crippen LogP contribution < -0.4 is 9.75 Å². The highest BCUT2D eigenvalue weighted by atomic mass is 28.3. The van der Waals surface area contributed by atoms with Gasteiger partial charge in [0.25, 0.3) is 0 Å². The van der Waals surface area contributed by atoms with Crippen molar-refractivity contribution in [3.8, 4) is 0 Å². The van der Waals surface area contributed by atoms with E-state index in [0.717, 1.165) is 0 Å². The number of pyridine rings is 2. The SMILES string of the molecule is Cc1ccc2c(C)c3c(c(C)c2c1)c1c2c(ccc4c5cccc([Si](C)(C)C)c5n3c42)cc[n+]1C. The second-order valence-corrected chi connectivity index (χ2v) is 16.5. The lowest BCUT2D eigenvalue weighted by Crippen LogP contribution is -2.38. The van der Waals surface area contributed by atoms with Gasteiger partial charge >= 0.3 is 0 Å². The van der Waals surface area contributed by atoms with Gasteiger partial charge in [-0.3, -0.25) is 0 Å². The van der Waals surface area contributed by atoms with Crippen LogP contribution in [0.1, 0.15) is 16.7 Å². The number of fused-ring (bicyclic) bond motifs is 7. The predicted octanol–water partition coefficient (Wildman–Crippen LogP) is 7.44. The number of hydrogen-bond donors (Lipinski definition) is 0. The molecule has 172 valence electrons. The van der Waals surface area contributed by atoms with Gasteiger partial charge in [-0.05, 0) is 53.2 Å². The Balaban J connectivity index is 1.97. The minimum Gasteiger partial charge on any atom is -0.307 e. The predicted molar refractivity (Wildman–Crippen MR) is 154 cm³/mol. The first-order valence-electron chi connectivity index (χ1n) is 12.6. The average molecular weight is 472 g/mol. The summed E-state index contributed by atoms with van der Waals surface area (Å²) in [7, 11) is 0.601. The van der Waals surface area contributed by atoms with Crippen molar-refractivity contribution in [3.05, 3.63) is 77.5 Å². The Morgan fingerprint density at radius 1 is 0.686 bits per heavy atom. The first-order valence-corrected chi connectivity index (χ1v) is 16.1. The molecule has 0 bridgehead atoms. The molecule has 7 aromatic rings. The van der Waals surface area contributed by atoms with E-state index < -0.39 is 8.07 Å². The summed E-state index contributed by atoms with van der Waals surface area (Å²) in [4.78, 5) is 0. The van der Waals surface area contributed by atoms with Crippen LogP contribution in [0.2, 0.25) is 19.6 Å². The van der Waals surface area contributed by atoms with E-state index in [1.807, 2.05) is 0 Å². The van der Waals surface area contributed by atoms with Crippen molar-refractivity contribution in [1.82, 2.24) is 4.40 Å². The van der Waals surface area contributed by atoms with Crippen molar-refractivity contribution in [2.45, 2.75) is 40.4 Å². The highest BCUT2D eigenvalue weighted by molar-refractivity contribution is 6.90. The van der Waals surface area contributed by atoms with Crippen molar-refractivity contribution in [3.63, 3.8) is 0 Å². The molecule has 3 heterocycles. The fourth-order valence-electron chi connectivity index (χ4n) is 6.62. The molecular weight excluding hydrogens is 440 g/mol. The lowest BCUT2D eigenvalue weighted by atomic mass is 9.92. The molecule has 0 unspecified atom stereocenters. The molecule has 0 saturated heterocycles. The number of nitrogens with zero attached hydrogens (tertiary/aromatic N) is 2. The summed E-state index contributed by atoms with van der Waals surface area (Å²) in [5.74, 6) is 0. The minimum absolute atomic E-state index is 1.31. The van der Waals surface area contributed by atoms with Crippen LogP contribution in [0.25, 0.3) is 59.8 Å². The number of rotatable bonds is 1. The molecule has 0 aliphatic rings. The van der Waals surface area contributed by atoms with E-state index in [0.29, 0.717) is 0 Å². The van der Waals surface area contributed by atoms with Crippen molar-refractivity contribution in [2.24, 2.45) is 7.05 Å². The second-order valence-electron chi connectivity index (χ2n) is 11.5. The van der Waals surface area contributed by atoms with E-state index in [9.17, 15) is 0 Å². The van der Waals surface area contributed by atoms with Gasteiger partial charge in [-0.2, -0.15) is 0 Å². The normalized spacial score (nSPS) is 13.0. The summed E-state index contributed by atoms with van der Waals surface area (Å²) in [5, 5.41) is 11.1. The molecule has 0 atom stereocenters. The standard InChI is InChI=1S/C32H31N2Si/c1-18-11-13-22-20(3)29-27(19(2)25(22)17-18)32-28-21(15-16-33(32)4)12-14-24-23-9-8-10-26(35(5,6)7)30(23)34(29)31(24)28/h8-17H,1-7H3/q+1. The van der Waals surface area contributed by atoms with Gasteiger partial charge in [0.15, 0.2) is 6.20 Å². The highest BCUT2D eigenvalue weighted by Gasteiger charge is 2.29. The van der Waals surface area contributed by atoms with Crippen LogP contribution >= 0.6 is 0 Å². The molecule has 0 N–H and O–H groups in total. The van der Waals surface area contributed by atoms with Crippen molar-refractivity contribution in [1.29, 1.82) is 0 Å². The molecular formula is C32H31N2Si+. The molecule has 3 heteroatoms. The van der Waals surface area contributed by atoms with Crippen molar-refractivity contribution in [2.75, 3.05) is 0 Å². The lowest BCUT2D eigenvalue weighted by molar-refractivity contribution is -0.643. The topological polar surface area (TPSA) is 8.29 Å². The maximum Gasteiger partial charge on any atom is 0.224 e. The number of aryl methyl sites for hydroxylation is 4. The number of benzene rings is 4. The lowest BCUT2D eigenvalue weighted by Gasteiger charge is -2.21. The Morgan fingerprint density at radius 3 is 2.20 bits per heavy atom. The number of hydrogen-bond acceptors (Lipinski definition) is 0. The molecule has 0 aliphatic carbocycles. The van der Waals surface area contributed by atoms with Crippen molar-refractivity contribution >= 4 is 73.0 Å². The summed E-state index contributed by atoms with van der Waals surface area (Å²) < 4.78 is 5.00. The Labute approximate surface area is 206 Å². The zero-order valence-corrected chi connectivity index (χ0v) is 22.7. The van der Waals surface area contributed by atoms with Gasteiger partial charge in [0, 0.05) is 16.8 Å². The number of para-hydroxylation sites is 1. The Bertz CT molecular complexity index is 2020. The average Bonchev–Trinajstić information content (AvgIpc) is 3.16. The van der Waals surface area contributed by atoms with Crippen LogP contribution in [-0.2, 0) is 7.05 Å². The van der Waals surface area contributed by atoms with Gasteiger partial charge in [0.05, 0.1) is 35.4 Å². The van der Waals surface area contributed by atoms with Gasteiger partial charge in [-0.1, -0.05) is 73.7 Å². The fourth-order valence-corrected chi connectivity index (χ4v) is 8.18.